The highest BCUT2D eigenvalue weighted by Crippen LogP contribution is 2.33. The van der Waals surface area contributed by atoms with Crippen LogP contribution in [0, 0.1) is 0 Å². The molecule has 0 spiro atoms. The lowest BCUT2D eigenvalue weighted by atomic mass is 10.1. The van der Waals surface area contributed by atoms with E-state index in [0.717, 1.165) is 24.3 Å². The Hall–Kier alpha value is -2.00. The van der Waals surface area contributed by atoms with Crippen LogP contribution >= 0.6 is 0 Å². The summed E-state index contributed by atoms with van der Waals surface area (Å²) in [4.78, 5) is 2.29. The molecular formula is C17H20N2O. The summed E-state index contributed by atoms with van der Waals surface area (Å²) >= 11 is 0. The van der Waals surface area contributed by atoms with Crippen LogP contribution in [0.4, 0.5) is 5.69 Å². The van der Waals surface area contributed by atoms with Crippen molar-refractivity contribution in [3.8, 4) is 5.75 Å². The van der Waals surface area contributed by atoms with Gasteiger partial charge >= 0.3 is 0 Å². The molecule has 104 valence electrons. The Bertz CT molecular complexity index is 599. The monoisotopic (exact) mass is 268 g/mol. The fraction of sp³-hybridized carbons (Fsp3) is 0.294. The Kier molecular flexibility index (Phi) is 3.36. The summed E-state index contributed by atoms with van der Waals surface area (Å²) in [5.74, 6) is 0.361. The quantitative estimate of drug-likeness (QED) is 0.897. The number of phenolic OH excluding ortho intramolecular Hbond substituents is 1. The van der Waals surface area contributed by atoms with Crippen molar-refractivity contribution in [2.75, 3.05) is 11.9 Å². The second-order valence-corrected chi connectivity index (χ2v) is 5.38. The topological polar surface area (TPSA) is 35.5 Å². The number of hydrogen-bond donors (Lipinski definition) is 2. The van der Waals surface area contributed by atoms with Gasteiger partial charge in [-0.2, -0.15) is 0 Å². The van der Waals surface area contributed by atoms with Gasteiger partial charge in [-0.1, -0.05) is 30.3 Å². The smallest absolute Gasteiger partial charge is 0.122 e. The van der Waals surface area contributed by atoms with Crippen LogP contribution in [0.15, 0.2) is 42.5 Å². The molecule has 2 aromatic carbocycles. The van der Waals surface area contributed by atoms with Crippen molar-refractivity contribution < 1.29 is 5.11 Å². The summed E-state index contributed by atoms with van der Waals surface area (Å²) < 4.78 is 0. The van der Waals surface area contributed by atoms with E-state index in [1.807, 2.05) is 26.1 Å². The van der Waals surface area contributed by atoms with Gasteiger partial charge in [-0.15, -0.1) is 0 Å². The number of anilines is 1. The van der Waals surface area contributed by atoms with E-state index in [4.69, 9.17) is 0 Å². The number of nitrogens with zero attached hydrogens (tertiary/aromatic N) is 1. The maximum absolute atomic E-state index is 10.2. The first-order chi connectivity index (χ1) is 9.69. The number of nitrogens with one attached hydrogen (secondary N) is 1. The minimum Gasteiger partial charge on any atom is -0.508 e. The van der Waals surface area contributed by atoms with Gasteiger partial charge in [-0.05, 0) is 31.2 Å². The molecule has 2 N–H and O–H groups in total. The van der Waals surface area contributed by atoms with Gasteiger partial charge in [0.1, 0.15) is 5.75 Å². The predicted octanol–water partition coefficient (Wildman–Crippen LogP) is 3.19. The van der Waals surface area contributed by atoms with Crippen molar-refractivity contribution >= 4 is 5.69 Å². The summed E-state index contributed by atoms with van der Waals surface area (Å²) in [5, 5.41) is 13.4. The lowest BCUT2D eigenvalue weighted by molar-refractivity contribution is 0.458. The van der Waals surface area contributed by atoms with Crippen LogP contribution in [0.2, 0.25) is 0 Å². The average molecular weight is 268 g/mol. The van der Waals surface area contributed by atoms with E-state index in [0.29, 0.717) is 5.75 Å². The third-order valence-electron chi connectivity index (χ3n) is 4.12. The van der Waals surface area contributed by atoms with Crippen LogP contribution in [-0.4, -0.2) is 12.2 Å². The SMILES string of the molecule is CNC(C)c1ccc(N2Cc3ccccc3C2)cc1O. The van der Waals surface area contributed by atoms with Gasteiger partial charge in [0, 0.05) is 36.4 Å². The Balaban J connectivity index is 1.85. The fourth-order valence-electron chi connectivity index (χ4n) is 2.77. The minimum atomic E-state index is 0.153. The lowest BCUT2D eigenvalue weighted by Crippen LogP contribution is -2.16. The first kappa shape index (κ1) is 13.0. The average Bonchev–Trinajstić information content (AvgIpc) is 2.90. The number of benzene rings is 2. The van der Waals surface area contributed by atoms with Crippen molar-refractivity contribution in [1.29, 1.82) is 0 Å². The molecule has 3 nitrogen and oxygen atoms in total. The molecule has 1 aliphatic rings. The molecule has 0 fully saturated rings. The molecule has 2 aromatic rings. The van der Waals surface area contributed by atoms with E-state index in [-0.39, 0.29) is 6.04 Å². The molecule has 0 aliphatic carbocycles. The molecule has 0 bridgehead atoms. The number of fused-ring (bicyclic) bond motifs is 1. The molecule has 1 heterocycles. The normalized spacial score (nSPS) is 15.2. The maximum Gasteiger partial charge on any atom is 0.122 e. The van der Waals surface area contributed by atoms with Crippen LogP contribution in [0.1, 0.15) is 29.7 Å². The first-order valence-electron chi connectivity index (χ1n) is 7.01. The maximum atomic E-state index is 10.2. The van der Waals surface area contributed by atoms with E-state index < -0.39 is 0 Å². The van der Waals surface area contributed by atoms with E-state index >= 15 is 0 Å². The minimum absolute atomic E-state index is 0.153. The van der Waals surface area contributed by atoms with Crippen LogP contribution in [0.3, 0.4) is 0 Å². The Labute approximate surface area is 119 Å². The van der Waals surface area contributed by atoms with E-state index in [1.54, 1.807) is 0 Å². The van der Waals surface area contributed by atoms with Crippen LogP contribution in [0.5, 0.6) is 5.75 Å². The van der Waals surface area contributed by atoms with Crippen molar-refractivity contribution in [3.63, 3.8) is 0 Å². The molecule has 1 aliphatic heterocycles. The largest absolute Gasteiger partial charge is 0.508 e. The van der Waals surface area contributed by atoms with Crippen molar-refractivity contribution in [2.45, 2.75) is 26.1 Å². The summed E-state index contributed by atoms with van der Waals surface area (Å²) in [7, 11) is 1.90. The molecule has 1 unspecified atom stereocenters. The van der Waals surface area contributed by atoms with Gasteiger partial charge < -0.3 is 15.3 Å². The molecule has 0 amide bonds. The number of phenols is 1. The molecule has 1 atom stereocenters. The van der Waals surface area contributed by atoms with Crippen LogP contribution < -0.4 is 10.2 Å². The highest BCUT2D eigenvalue weighted by Gasteiger charge is 2.19. The Morgan fingerprint density at radius 3 is 2.30 bits per heavy atom. The number of rotatable bonds is 3. The predicted molar refractivity (Wildman–Crippen MR) is 81.9 cm³/mol. The standard InChI is InChI=1S/C17H20N2O/c1-12(18-2)16-8-7-15(9-17(16)20)19-10-13-5-3-4-6-14(13)11-19/h3-9,12,18,20H,10-11H2,1-2H3. The molecule has 3 rings (SSSR count). The second-order valence-electron chi connectivity index (χ2n) is 5.38. The lowest BCUT2D eigenvalue weighted by Gasteiger charge is -2.20. The Morgan fingerprint density at radius 2 is 1.75 bits per heavy atom. The van der Waals surface area contributed by atoms with Crippen molar-refractivity contribution in [1.82, 2.24) is 5.32 Å². The van der Waals surface area contributed by atoms with E-state index in [9.17, 15) is 5.11 Å². The zero-order chi connectivity index (χ0) is 14.1. The Morgan fingerprint density at radius 1 is 1.10 bits per heavy atom. The summed E-state index contributed by atoms with van der Waals surface area (Å²) in [5.41, 5.74) is 4.76. The third-order valence-corrected chi connectivity index (χ3v) is 4.12. The molecule has 0 saturated heterocycles. The highest BCUT2D eigenvalue weighted by atomic mass is 16.3. The molecule has 20 heavy (non-hydrogen) atoms. The molecule has 3 heteroatoms. The van der Waals surface area contributed by atoms with E-state index in [1.165, 1.54) is 11.1 Å². The van der Waals surface area contributed by atoms with Crippen molar-refractivity contribution in [2.24, 2.45) is 0 Å². The molecule has 0 radical (unpaired) electrons. The summed E-state index contributed by atoms with van der Waals surface area (Å²) in [6, 6.07) is 14.6. The van der Waals surface area contributed by atoms with Crippen LogP contribution in [-0.2, 0) is 13.1 Å². The van der Waals surface area contributed by atoms with Gasteiger partial charge in [0.2, 0.25) is 0 Å². The van der Waals surface area contributed by atoms with Crippen LogP contribution in [0.25, 0.3) is 0 Å². The van der Waals surface area contributed by atoms with Gasteiger partial charge in [0.25, 0.3) is 0 Å². The van der Waals surface area contributed by atoms with Gasteiger partial charge in [-0.3, -0.25) is 0 Å². The van der Waals surface area contributed by atoms with Gasteiger partial charge in [0.15, 0.2) is 0 Å². The van der Waals surface area contributed by atoms with Gasteiger partial charge in [-0.25, -0.2) is 0 Å². The summed E-state index contributed by atoms with van der Waals surface area (Å²) in [6.07, 6.45) is 0. The molecule has 0 aromatic heterocycles. The second kappa shape index (κ2) is 5.17. The number of aromatic hydroxyl groups is 1. The number of hydrogen-bond acceptors (Lipinski definition) is 3. The van der Waals surface area contributed by atoms with Gasteiger partial charge in [0.05, 0.1) is 0 Å². The first-order valence-corrected chi connectivity index (χ1v) is 7.01. The molecule has 0 saturated carbocycles. The molecular weight excluding hydrogens is 248 g/mol. The third kappa shape index (κ3) is 2.25. The zero-order valence-corrected chi connectivity index (χ0v) is 11.9. The highest BCUT2D eigenvalue weighted by molar-refractivity contribution is 5.57. The van der Waals surface area contributed by atoms with Crippen molar-refractivity contribution in [3.05, 3.63) is 59.2 Å². The zero-order valence-electron chi connectivity index (χ0n) is 11.9. The fourth-order valence-corrected chi connectivity index (χ4v) is 2.77. The summed E-state index contributed by atoms with van der Waals surface area (Å²) in [6.45, 7) is 3.87. The van der Waals surface area contributed by atoms with E-state index in [2.05, 4.69) is 40.5 Å².